The van der Waals surface area contributed by atoms with Gasteiger partial charge in [-0.1, -0.05) is 39.3 Å². The third-order valence-corrected chi connectivity index (χ3v) is 4.98. The van der Waals surface area contributed by atoms with E-state index in [-0.39, 0.29) is 17.6 Å². The molecule has 2 rings (SSSR count). The second-order valence-corrected chi connectivity index (χ2v) is 7.14. The van der Waals surface area contributed by atoms with Gasteiger partial charge in [0.25, 0.3) is 0 Å². The number of rotatable bonds is 5. The summed E-state index contributed by atoms with van der Waals surface area (Å²) in [6, 6.07) is 7.24. The Bertz CT molecular complexity index is 498. The lowest BCUT2D eigenvalue weighted by molar-refractivity contribution is -0.129. The molecule has 3 atom stereocenters. The maximum Gasteiger partial charge on any atom is 0.223 e. The second-order valence-electron chi connectivity index (χ2n) is 7.14. The van der Waals surface area contributed by atoms with Crippen LogP contribution in [0.1, 0.15) is 45.6 Å². The zero-order valence-electron chi connectivity index (χ0n) is 14.0. The Labute approximate surface area is 134 Å². The van der Waals surface area contributed by atoms with Crippen LogP contribution >= 0.6 is 0 Å². The minimum absolute atomic E-state index is 0.160. The molecule has 1 aromatic rings. The molecule has 1 fully saturated rings. The van der Waals surface area contributed by atoms with Gasteiger partial charge in [0.2, 0.25) is 5.91 Å². The SMILES string of the molecule is CC1CC[C@@H](C(C)C)[C@H](C(=O)NCCc2cccc(O)c2)C1. The number of phenols is 1. The molecule has 3 heteroatoms. The van der Waals surface area contributed by atoms with E-state index in [0.29, 0.717) is 24.3 Å². The van der Waals surface area contributed by atoms with Crippen LogP contribution in [-0.2, 0) is 11.2 Å². The lowest BCUT2D eigenvalue weighted by Gasteiger charge is -2.36. The van der Waals surface area contributed by atoms with Crippen molar-refractivity contribution in [2.75, 3.05) is 6.54 Å². The number of carbonyl (C=O) groups is 1. The Balaban J connectivity index is 1.87. The first-order valence-electron chi connectivity index (χ1n) is 8.53. The number of aromatic hydroxyl groups is 1. The van der Waals surface area contributed by atoms with E-state index >= 15 is 0 Å². The molecule has 0 radical (unpaired) electrons. The molecule has 1 amide bonds. The molecule has 1 aliphatic rings. The quantitative estimate of drug-likeness (QED) is 0.870. The lowest BCUT2D eigenvalue weighted by atomic mass is 9.70. The van der Waals surface area contributed by atoms with Crippen LogP contribution in [0.2, 0.25) is 0 Å². The van der Waals surface area contributed by atoms with E-state index < -0.39 is 0 Å². The number of phenolic OH excluding ortho intramolecular Hbond substituents is 1. The van der Waals surface area contributed by atoms with E-state index in [1.165, 1.54) is 12.8 Å². The first kappa shape index (κ1) is 16.9. The normalized spacial score (nSPS) is 25.2. The summed E-state index contributed by atoms with van der Waals surface area (Å²) in [6.45, 7) is 7.35. The van der Waals surface area contributed by atoms with E-state index in [1.807, 2.05) is 12.1 Å². The molecule has 3 nitrogen and oxygen atoms in total. The average Bonchev–Trinajstić information content (AvgIpc) is 2.46. The standard InChI is InChI=1S/C19H29NO2/c1-13(2)17-8-7-14(3)11-18(17)19(22)20-10-9-15-5-4-6-16(21)12-15/h4-6,12-14,17-18,21H,7-11H2,1-3H3,(H,20,22)/t14?,17-,18+/m0/s1. The van der Waals surface area contributed by atoms with Gasteiger partial charge in [0.05, 0.1) is 0 Å². The van der Waals surface area contributed by atoms with E-state index in [9.17, 15) is 9.90 Å². The zero-order valence-corrected chi connectivity index (χ0v) is 14.0. The molecule has 1 aliphatic carbocycles. The van der Waals surface area contributed by atoms with Crippen LogP contribution in [0.4, 0.5) is 0 Å². The van der Waals surface area contributed by atoms with Crippen molar-refractivity contribution < 1.29 is 9.90 Å². The topological polar surface area (TPSA) is 49.3 Å². The minimum atomic E-state index is 0.160. The number of benzene rings is 1. The van der Waals surface area contributed by atoms with Crippen molar-refractivity contribution in [2.45, 2.75) is 46.5 Å². The summed E-state index contributed by atoms with van der Waals surface area (Å²) in [4.78, 5) is 12.6. The highest BCUT2D eigenvalue weighted by Gasteiger charge is 2.35. The van der Waals surface area contributed by atoms with E-state index in [0.717, 1.165) is 18.4 Å². The van der Waals surface area contributed by atoms with Gasteiger partial charge in [0.1, 0.15) is 5.75 Å². The number of amides is 1. The smallest absolute Gasteiger partial charge is 0.223 e. The molecule has 122 valence electrons. The largest absolute Gasteiger partial charge is 0.508 e. The fraction of sp³-hybridized carbons (Fsp3) is 0.632. The molecular weight excluding hydrogens is 274 g/mol. The molecule has 0 bridgehead atoms. The molecule has 1 saturated carbocycles. The monoisotopic (exact) mass is 303 g/mol. The average molecular weight is 303 g/mol. The van der Waals surface area contributed by atoms with Gasteiger partial charge in [-0.3, -0.25) is 4.79 Å². The second kappa shape index (κ2) is 7.66. The molecule has 22 heavy (non-hydrogen) atoms. The first-order valence-corrected chi connectivity index (χ1v) is 8.53. The Morgan fingerprint density at radius 2 is 2.14 bits per heavy atom. The third-order valence-electron chi connectivity index (χ3n) is 4.98. The molecule has 0 aliphatic heterocycles. The lowest BCUT2D eigenvalue weighted by Crippen LogP contribution is -2.40. The highest BCUT2D eigenvalue weighted by Crippen LogP contribution is 2.38. The van der Waals surface area contributed by atoms with Gasteiger partial charge in [-0.05, 0) is 54.7 Å². The van der Waals surface area contributed by atoms with Gasteiger partial charge >= 0.3 is 0 Å². The van der Waals surface area contributed by atoms with Crippen LogP contribution in [-0.4, -0.2) is 17.6 Å². The summed E-state index contributed by atoms with van der Waals surface area (Å²) >= 11 is 0. The van der Waals surface area contributed by atoms with Gasteiger partial charge in [-0.25, -0.2) is 0 Å². The number of nitrogens with one attached hydrogen (secondary N) is 1. The van der Waals surface area contributed by atoms with Crippen molar-refractivity contribution in [3.05, 3.63) is 29.8 Å². The Kier molecular flexibility index (Phi) is 5.87. The van der Waals surface area contributed by atoms with E-state index in [4.69, 9.17) is 0 Å². The van der Waals surface area contributed by atoms with Crippen LogP contribution in [0, 0.1) is 23.7 Å². The molecule has 0 spiro atoms. The van der Waals surface area contributed by atoms with Gasteiger partial charge in [0.15, 0.2) is 0 Å². The molecule has 2 N–H and O–H groups in total. The summed E-state index contributed by atoms with van der Waals surface area (Å²) < 4.78 is 0. The van der Waals surface area contributed by atoms with Crippen molar-refractivity contribution >= 4 is 5.91 Å². The van der Waals surface area contributed by atoms with Crippen LogP contribution in [0.15, 0.2) is 24.3 Å². The molecule has 1 aromatic carbocycles. The van der Waals surface area contributed by atoms with Crippen molar-refractivity contribution in [2.24, 2.45) is 23.7 Å². The summed E-state index contributed by atoms with van der Waals surface area (Å²) in [6.07, 6.45) is 4.19. The summed E-state index contributed by atoms with van der Waals surface area (Å²) in [7, 11) is 0. The van der Waals surface area contributed by atoms with Crippen molar-refractivity contribution in [1.29, 1.82) is 0 Å². The maximum absolute atomic E-state index is 12.6. The van der Waals surface area contributed by atoms with E-state index in [2.05, 4.69) is 26.1 Å². The zero-order chi connectivity index (χ0) is 16.1. The maximum atomic E-state index is 12.6. The minimum Gasteiger partial charge on any atom is -0.508 e. The van der Waals surface area contributed by atoms with Gasteiger partial charge in [0, 0.05) is 12.5 Å². The molecule has 0 saturated heterocycles. The van der Waals surface area contributed by atoms with Gasteiger partial charge in [-0.15, -0.1) is 0 Å². The van der Waals surface area contributed by atoms with Crippen molar-refractivity contribution in [3.63, 3.8) is 0 Å². The summed E-state index contributed by atoms with van der Waals surface area (Å²) in [5.41, 5.74) is 1.05. The fourth-order valence-corrected chi connectivity index (χ4v) is 3.68. The Morgan fingerprint density at radius 3 is 2.82 bits per heavy atom. The van der Waals surface area contributed by atoms with Crippen LogP contribution < -0.4 is 5.32 Å². The third kappa shape index (κ3) is 4.49. The van der Waals surface area contributed by atoms with Crippen molar-refractivity contribution in [3.8, 4) is 5.75 Å². The molecule has 1 unspecified atom stereocenters. The Hall–Kier alpha value is -1.51. The molecule has 0 heterocycles. The highest BCUT2D eigenvalue weighted by molar-refractivity contribution is 5.79. The van der Waals surface area contributed by atoms with E-state index in [1.54, 1.807) is 12.1 Å². The fourth-order valence-electron chi connectivity index (χ4n) is 3.68. The summed E-state index contributed by atoms with van der Waals surface area (Å²) in [5.74, 6) is 2.38. The predicted molar refractivity (Wildman–Crippen MR) is 89.7 cm³/mol. The first-order chi connectivity index (χ1) is 10.5. The van der Waals surface area contributed by atoms with Crippen LogP contribution in [0.25, 0.3) is 0 Å². The number of carbonyl (C=O) groups excluding carboxylic acids is 1. The molecular formula is C19H29NO2. The van der Waals surface area contributed by atoms with Crippen LogP contribution in [0.3, 0.4) is 0 Å². The number of hydrogen-bond acceptors (Lipinski definition) is 2. The molecule has 0 aromatic heterocycles. The predicted octanol–water partition coefficient (Wildman–Crippen LogP) is 3.76. The van der Waals surface area contributed by atoms with Crippen LogP contribution in [0.5, 0.6) is 5.75 Å². The van der Waals surface area contributed by atoms with Crippen molar-refractivity contribution in [1.82, 2.24) is 5.32 Å². The Morgan fingerprint density at radius 1 is 1.36 bits per heavy atom. The van der Waals surface area contributed by atoms with Gasteiger partial charge in [-0.2, -0.15) is 0 Å². The summed E-state index contributed by atoms with van der Waals surface area (Å²) in [5, 5.41) is 12.6. The van der Waals surface area contributed by atoms with Gasteiger partial charge < -0.3 is 10.4 Å². The highest BCUT2D eigenvalue weighted by atomic mass is 16.3. The number of hydrogen-bond donors (Lipinski definition) is 2.